The zero-order valence-corrected chi connectivity index (χ0v) is 10.6. The smallest absolute Gasteiger partial charge is 0.307 e. The van der Waals surface area contributed by atoms with E-state index in [-0.39, 0.29) is 24.0 Å². The summed E-state index contributed by atoms with van der Waals surface area (Å²) in [6.07, 6.45) is 1.33. The van der Waals surface area contributed by atoms with Gasteiger partial charge in [-0.05, 0) is 6.07 Å². The monoisotopic (exact) mass is 277 g/mol. The second-order valence-corrected chi connectivity index (χ2v) is 4.03. The summed E-state index contributed by atoms with van der Waals surface area (Å²) in [5, 5.41) is 10.9. The van der Waals surface area contributed by atoms with Gasteiger partial charge >= 0.3 is 5.97 Å². The third-order valence-electron chi connectivity index (χ3n) is 2.80. The number of nitro groups is 1. The first-order valence-electron chi connectivity index (χ1n) is 5.73. The molecule has 0 amide bonds. The number of nitrogens with zero attached hydrogens (tertiary/aromatic N) is 3. The van der Waals surface area contributed by atoms with Crippen LogP contribution in [0.15, 0.2) is 29.3 Å². The topological polar surface area (TPSA) is 104 Å². The number of aromatic nitrogens is 2. The fourth-order valence-corrected chi connectivity index (χ4v) is 1.73. The van der Waals surface area contributed by atoms with E-state index in [1.165, 1.54) is 36.2 Å². The molecule has 2 rings (SSSR count). The van der Waals surface area contributed by atoms with Crippen LogP contribution in [0.25, 0.3) is 10.9 Å². The van der Waals surface area contributed by atoms with Crippen LogP contribution in [-0.2, 0) is 16.1 Å². The number of rotatable bonds is 4. The number of fused-ring (bicyclic) bond motifs is 1. The minimum absolute atomic E-state index is 0.0263. The van der Waals surface area contributed by atoms with E-state index in [1.807, 2.05) is 0 Å². The number of aryl methyl sites for hydroxylation is 1. The van der Waals surface area contributed by atoms with E-state index in [2.05, 4.69) is 9.72 Å². The van der Waals surface area contributed by atoms with Crippen molar-refractivity contribution in [3.8, 4) is 0 Å². The Morgan fingerprint density at radius 2 is 2.25 bits per heavy atom. The van der Waals surface area contributed by atoms with Crippen molar-refractivity contribution < 1.29 is 14.5 Å². The Bertz CT molecular complexity index is 737. The van der Waals surface area contributed by atoms with Gasteiger partial charge in [-0.25, -0.2) is 4.98 Å². The summed E-state index contributed by atoms with van der Waals surface area (Å²) in [5.41, 5.74) is -0.236. The lowest BCUT2D eigenvalue weighted by molar-refractivity contribution is -0.384. The molecule has 0 saturated carbocycles. The first kappa shape index (κ1) is 13.7. The van der Waals surface area contributed by atoms with Crippen molar-refractivity contribution in [3.63, 3.8) is 0 Å². The fourth-order valence-electron chi connectivity index (χ4n) is 1.73. The molecule has 2 aromatic rings. The van der Waals surface area contributed by atoms with Gasteiger partial charge in [0, 0.05) is 18.7 Å². The van der Waals surface area contributed by atoms with Gasteiger partial charge < -0.3 is 4.74 Å². The average molecular weight is 277 g/mol. The molecule has 1 aromatic carbocycles. The maximum absolute atomic E-state index is 12.2. The van der Waals surface area contributed by atoms with Crippen molar-refractivity contribution in [2.24, 2.45) is 0 Å². The van der Waals surface area contributed by atoms with Crippen LogP contribution in [0.2, 0.25) is 0 Å². The number of carbonyl (C=O) groups is 1. The number of ether oxygens (including phenoxy) is 1. The molecule has 0 saturated heterocycles. The normalized spacial score (nSPS) is 10.4. The van der Waals surface area contributed by atoms with Crippen LogP contribution >= 0.6 is 0 Å². The van der Waals surface area contributed by atoms with E-state index in [1.54, 1.807) is 0 Å². The van der Waals surface area contributed by atoms with E-state index in [9.17, 15) is 19.7 Å². The molecule has 0 aliphatic rings. The minimum Gasteiger partial charge on any atom is -0.469 e. The highest BCUT2D eigenvalue weighted by molar-refractivity contribution is 5.79. The molecule has 1 heterocycles. The van der Waals surface area contributed by atoms with Gasteiger partial charge in [0.2, 0.25) is 0 Å². The number of carbonyl (C=O) groups excluding carboxylic acids is 1. The molecule has 8 heteroatoms. The molecule has 104 valence electrons. The molecule has 0 radical (unpaired) electrons. The number of nitro benzene ring substituents is 1. The molecular formula is C12H11N3O5. The highest BCUT2D eigenvalue weighted by atomic mass is 16.6. The van der Waals surface area contributed by atoms with Gasteiger partial charge in [0.15, 0.2) is 0 Å². The predicted octanol–water partition coefficient (Wildman–Crippen LogP) is 0.868. The Hall–Kier alpha value is -2.77. The van der Waals surface area contributed by atoms with Crippen LogP contribution in [0.5, 0.6) is 0 Å². The first-order valence-corrected chi connectivity index (χ1v) is 5.73. The molecule has 0 aliphatic carbocycles. The standard InChI is InChI=1S/C12H11N3O5/c1-20-11(16)4-5-14-7-13-10-3-2-8(15(18)19)6-9(10)12(14)17/h2-3,6-7H,4-5H2,1H3. The molecule has 0 N–H and O–H groups in total. The number of methoxy groups -OCH3 is 1. The number of hydrogen-bond donors (Lipinski definition) is 0. The quantitative estimate of drug-likeness (QED) is 0.466. The van der Waals surface area contributed by atoms with Gasteiger partial charge in [-0.2, -0.15) is 0 Å². The minimum atomic E-state index is -0.579. The van der Waals surface area contributed by atoms with E-state index in [0.717, 1.165) is 0 Å². The van der Waals surface area contributed by atoms with Crippen LogP contribution < -0.4 is 5.56 Å². The number of esters is 1. The summed E-state index contributed by atoms with van der Waals surface area (Å²) in [4.78, 5) is 37.4. The molecule has 1 aromatic heterocycles. The number of benzene rings is 1. The third-order valence-corrected chi connectivity index (χ3v) is 2.80. The molecule has 0 aliphatic heterocycles. The van der Waals surface area contributed by atoms with Crippen LogP contribution in [-0.4, -0.2) is 27.6 Å². The summed E-state index contributed by atoms with van der Waals surface area (Å²) < 4.78 is 5.71. The van der Waals surface area contributed by atoms with Crippen molar-refractivity contribution >= 4 is 22.6 Å². The van der Waals surface area contributed by atoms with Gasteiger partial charge in [0.1, 0.15) is 0 Å². The van der Waals surface area contributed by atoms with Crippen molar-refractivity contribution in [1.82, 2.24) is 9.55 Å². The molecule has 8 nitrogen and oxygen atoms in total. The maximum atomic E-state index is 12.2. The second-order valence-electron chi connectivity index (χ2n) is 4.03. The highest BCUT2D eigenvalue weighted by Gasteiger charge is 2.11. The summed E-state index contributed by atoms with van der Waals surface area (Å²) in [6.45, 7) is 0.108. The molecule has 20 heavy (non-hydrogen) atoms. The molecule has 0 fully saturated rings. The lowest BCUT2D eigenvalue weighted by Gasteiger charge is -2.05. The van der Waals surface area contributed by atoms with Crippen LogP contribution in [0.3, 0.4) is 0 Å². The summed E-state index contributed by atoms with van der Waals surface area (Å²) in [5.74, 6) is -0.448. The lowest BCUT2D eigenvalue weighted by Crippen LogP contribution is -2.22. The average Bonchev–Trinajstić information content (AvgIpc) is 2.45. The Morgan fingerprint density at radius 3 is 2.90 bits per heavy atom. The molecule has 0 atom stereocenters. The summed E-state index contributed by atoms with van der Waals surface area (Å²) in [7, 11) is 1.26. The fraction of sp³-hybridized carbons (Fsp3) is 0.250. The molecule has 0 spiro atoms. The van der Waals surface area contributed by atoms with Crippen LogP contribution in [0.4, 0.5) is 5.69 Å². The number of hydrogen-bond acceptors (Lipinski definition) is 6. The number of non-ortho nitro benzene ring substituents is 1. The van der Waals surface area contributed by atoms with Gasteiger partial charge in [-0.15, -0.1) is 0 Å². The van der Waals surface area contributed by atoms with Crippen LogP contribution in [0, 0.1) is 10.1 Å². The predicted molar refractivity (Wildman–Crippen MR) is 69.3 cm³/mol. The zero-order valence-electron chi connectivity index (χ0n) is 10.6. The van der Waals surface area contributed by atoms with E-state index in [0.29, 0.717) is 5.52 Å². The van der Waals surface area contributed by atoms with Gasteiger partial charge in [0.25, 0.3) is 11.2 Å². The van der Waals surface area contributed by atoms with Crippen LogP contribution in [0.1, 0.15) is 6.42 Å². The van der Waals surface area contributed by atoms with E-state index in [4.69, 9.17) is 0 Å². The zero-order chi connectivity index (χ0) is 14.7. The molecule has 0 unspecified atom stereocenters. The Kier molecular flexibility index (Phi) is 3.74. The largest absolute Gasteiger partial charge is 0.469 e. The molecule has 0 bridgehead atoms. The summed E-state index contributed by atoms with van der Waals surface area (Å²) in [6, 6.07) is 3.88. The SMILES string of the molecule is COC(=O)CCn1cnc2ccc([N+](=O)[O-])cc2c1=O. The van der Waals surface area contributed by atoms with Gasteiger partial charge in [0.05, 0.1) is 35.7 Å². The highest BCUT2D eigenvalue weighted by Crippen LogP contribution is 2.16. The Morgan fingerprint density at radius 1 is 1.50 bits per heavy atom. The van der Waals surface area contributed by atoms with Crippen molar-refractivity contribution in [3.05, 3.63) is 45.0 Å². The van der Waals surface area contributed by atoms with Crippen molar-refractivity contribution in [2.75, 3.05) is 7.11 Å². The van der Waals surface area contributed by atoms with Gasteiger partial charge in [-0.3, -0.25) is 24.3 Å². The Balaban J connectivity index is 2.43. The maximum Gasteiger partial charge on any atom is 0.307 e. The van der Waals surface area contributed by atoms with E-state index < -0.39 is 16.5 Å². The Labute approximate surface area is 112 Å². The molecular weight excluding hydrogens is 266 g/mol. The summed E-state index contributed by atoms with van der Waals surface area (Å²) >= 11 is 0. The van der Waals surface area contributed by atoms with Gasteiger partial charge in [-0.1, -0.05) is 0 Å². The lowest BCUT2D eigenvalue weighted by atomic mass is 10.2. The van der Waals surface area contributed by atoms with Crippen molar-refractivity contribution in [1.29, 1.82) is 0 Å². The third kappa shape index (κ3) is 2.63. The second kappa shape index (κ2) is 5.47. The first-order chi connectivity index (χ1) is 9.52. The van der Waals surface area contributed by atoms with E-state index >= 15 is 0 Å². The van der Waals surface area contributed by atoms with Crippen molar-refractivity contribution in [2.45, 2.75) is 13.0 Å².